The third-order valence-electron chi connectivity index (χ3n) is 5.74. The Morgan fingerprint density at radius 1 is 1.21 bits per heavy atom. The van der Waals surface area contributed by atoms with Crippen LogP contribution in [0, 0.1) is 5.82 Å². The first-order chi connectivity index (χ1) is 16.1. The Labute approximate surface area is 189 Å². The van der Waals surface area contributed by atoms with E-state index >= 15 is 0 Å². The van der Waals surface area contributed by atoms with Gasteiger partial charge in [-0.1, -0.05) is 17.3 Å². The average molecular weight is 447 g/mol. The van der Waals surface area contributed by atoms with Crippen LogP contribution in [0.3, 0.4) is 0 Å². The van der Waals surface area contributed by atoms with E-state index in [4.69, 9.17) is 13.7 Å². The number of amides is 1. The third-order valence-corrected chi connectivity index (χ3v) is 5.74. The van der Waals surface area contributed by atoms with Gasteiger partial charge in [-0.3, -0.25) is 4.79 Å². The zero-order valence-corrected chi connectivity index (χ0v) is 18.0. The predicted molar refractivity (Wildman–Crippen MR) is 117 cm³/mol. The summed E-state index contributed by atoms with van der Waals surface area (Å²) in [5, 5.41) is 4.06. The minimum atomic E-state index is -0.291. The molecule has 1 saturated heterocycles. The highest BCUT2D eigenvalue weighted by Crippen LogP contribution is 2.34. The Morgan fingerprint density at radius 2 is 2.06 bits per heavy atom. The second kappa shape index (κ2) is 8.90. The van der Waals surface area contributed by atoms with Crippen molar-refractivity contribution >= 4 is 5.91 Å². The highest BCUT2D eigenvalue weighted by molar-refractivity contribution is 5.92. The van der Waals surface area contributed by atoms with Crippen LogP contribution in [0.2, 0.25) is 0 Å². The van der Waals surface area contributed by atoms with Gasteiger partial charge >= 0.3 is 0 Å². The number of aromatic nitrogens is 2. The summed E-state index contributed by atoms with van der Waals surface area (Å²) in [7, 11) is 1.60. The average Bonchev–Trinajstić information content (AvgIpc) is 3.59. The van der Waals surface area contributed by atoms with Crippen molar-refractivity contribution in [3.05, 3.63) is 89.6 Å². The first kappa shape index (κ1) is 20.9. The molecule has 7 nitrogen and oxygen atoms in total. The second-order valence-electron chi connectivity index (χ2n) is 7.93. The number of carbonyl (C=O) groups is 1. The fraction of sp³-hybridized carbons (Fsp3) is 0.240. The van der Waals surface area contributed by atoms with E-state index in [1.807, 2.05) is 30.3 Å². The molecule has 0 unspecified atom stereocenters. The van der Waals surface area contributed by atoms with Gasteiger partial charge in [-0.05, 0) is 54.8 Å². The summed E-state index contributed by atoms with van der Waals surface area (Å²) in [6.07, 6.45) is 3.64. The molecule has 0 spiro atoms. The summed E-state index contributed by atoms with van der Waals surface area (Å²) in [6.45, 7) is 0.573. The molecule has 2 aromatic heterocycles. The first-order valence-corrected chi connectivity index (χ1v) is 10.7. The molecule has 1 aliphatic rings. The first-order valence-electron chi connectivity index (χ1n) is 10.7. The van der Waals surface area contributed by atoms with Crippen molar-refractivity contribution < 1.29 is 22.9 Å². The SMILES string of the molecule is COc1ccc(-c2cc(C(=O)N3CCC[C@@H]3c3ncc(Cc4cccc(F)c4)o3)on2)cc1. The quantitative estimate of drug-likeness (QED) is 0.412. The largest absolute Gasteiger partial charge is 0.497 e. The standard InChI is InChI=1S/C25H22FN3O4/c1-31-19-9-7-17(8-10-19)21-14-23(33-28-21)25(30)29-11-3-6-22(29)24-27-15-20(32-24)13-16-4-2-5-18(26)12-16/h2,4-5,7-10,12,14-15,22H,3,6,11,13H2,1H3/t22-/m1/s1. The number of benzene rings is 2. The summed E-state index contributed by atoms with van der Waals surface area (Å²) in [5.74, 6) is 1.45. The maximum Gasteiger partial charge on any atom is 0.293 e. The lowest BCUT2D eigenvalue weighted by Gasteiger charge is -2.20. The van der Waals surface area contributed by atoms with Crippen molar-refractivity contribution in [1.29, 1.82) is 0 Å². The highest BCUT2D eigenvalue weighted by atomic mass is 19.1. The minimum absolute atomic E-state index is 0.166. The summed E-state index contributed by atoms with van der Waals surface area (Å²) in [4.78, 5) is 19.3. The molecule has 0 bridgehead atoms. The molecule has 0 saturated carbocycles. The number of methoxy groups -OCH3 is 1. The smallest absolute Gasteiger partial charge is 0.293 e. The fourth-order valence-corrected chi connectivity index (χ4v) is 4.09. The molecule has 1 aliphatic heterocycles. The Bertz CT molecular complexity index is 1260. The molecule has 1 atom stereocenters. The number of halogens is 1. The van der Waals surface area contributed by atoms with Crippen molar-refractivity contribution in [2.24, 2.45) is 0 Å². The molecule has 3 heterocycles. The van der Waals surface area contributed by atoms with Gasteiger partial charge in [0.25, 0.3) is 5.91 Å². The lowest BCUT2D eigenvalue weighted by atomic mass is 10.1. The van der Waals surface area contributed by atoms with E-state index in [9.17, 15) is 9.18 Å². The van der Waals surface area contributed by atoms with Crippen molar-refractivity contribution in [2.45, 2.75) is 25.3 Å². The lowest BCUT2D eigenvalue weighted by Crippen LogP contribution is -2.30. The maximum atomic E-state index is 13.5. The van der Waals surface area contributed by atoms with Crippen molar-refractivity contribution in [1.82, 2.24) is 15.0 Å². The van der Waals surface area contributed by atoms with Gasteiger partial charge in [-0.15, -0.1) is 0 Å². The van der Waals surface area contributed by atoms with Crippen molar-refractivity contribution in [3.8, 4) is 17.0 Å². The molecule has 168 valence electrons. The molecule has 0 aliphatic carbocycles. The zero-order valence-electron chi connectivity index (χ0n) is 18.0. The summed E-state index contributed by atoms with van der Waals surface area (Å²) in [6, 6.07) is 15.1. The number of rotatable bonds is 6. The monoisotopic (exact) mass is 447 g/mol. The number of hydrogen-bond donors (Lipinski definition) is 0. The van der Waals surface area contributed by atoms with Crippen LogP contribution in [0.5, 0.6) is 5.75 Å². The van der Waals surface area contributed by atoms with Gasteiger partial charge in [-0.25, -0.2) is 9.37 Å². The predicted octanol–water partition coefficient (Wildman–Crippen LogP) is 5.05. The minimum Gasteiger partial charge on any atom is -0.497 e. The number of hydrogen-bond acceptors (Lipinski definition) is 6. The Balaban J connectivity index is 1.31. The summed E-state index contributed by atoms with van der Waals surface area (Å²) < 4.78 is 29.9. The van der Waals surface area contributed by atoms with Crippen molar-refractivity contribution in [2.75, 3.05) is 13.7 Å². The number of nitrogens with zero attached hydrogens (tertiary/aromatic N) is 3. The van der Waals surface area contributed by atoms with Crippen LogP contribution in [0.15, 0.2) is 69.7 Å². The van der Waals surface area contributed by atoms with E-state index in [1.165, 1.54) is 12.1 Å². The van der Waals surface area contributed by atoms with E-state index in [2.05, 4.69) is 10.1 Å². The molecule has 8 heteroatoms. The maximum absolute atomic E-state index is 13.5. The van der Waals surface area contributed by atoms with Gasteiger partial charge in [0.1, 0.15) is 29.1 Å². The highest BCUT2D eigenvalue weighted by Gasteiger charge is 2.35. The Morgan fingerprint density at radius 3 is 2.85 bits per heavy atom. The van der Waals surface area contributed by atoms with E-state index < -0.39 is 0 Å². The number of likely N-dealkylation sites (tertiary alicyclic amines) is 1. The van der Waals surface area contributed by atoms with Gasteiger partial charge in [0.2, 0.25) is 11.7 Å². The fourth-order valence-electron chi connectivity index (χ4n) is 4.09. The molecule has 4 aromatic rings. The van der Waals surface area contributed by atoms with Gasteiger partial charge in [0, 0.05) is 24.6 Å². The zero-order chi connectivity index (χ0) is 22.8. The molecule has 2 aromatic carbocycles. The van der Waals surface area contributed by atoms with Gasteiger partial charge < -0.3 is 18.6 Å². The Kier molecular flexibility index (Phi) is 5.64. The number of ether oxygens (including phenoxy) is 1. The molecule has 33 heavy (non-hydrogen) atoms. The van der Waals surface area contributed by atoms with Crippen LogP contribution < -0.4 is 4.74 Å². The van der Waals surface area contributed by atoms with Crippen LogP contribution in [-0.2, 0) is 6.42 Å². The topological polar surface area (TPSA) is 81.6 Å². The van der Waals surface area contributed by atoms with E-state index in [1.54, 1.807) is 30.3 Å². The van der Waals surface area contributed by atoms with Crippen LogP contribution in [0.25, 0.3) is 11.3 Å². The molecule has 0 N–H and O–H groups in total. The molecule has 5 rings (SSSR count). The summed E-state index contributed by atoms with van der Waals surface area (Å²) in [5.41, 5.74) is 2.20. The van der Waals surface area contributed by atoms with Gasteiger partial charge in [-0.2, -0.15) is 0 Å². The van der Waals surface area contributed by atoms with E-state index in [0.717, 1.165) is 29.7 Å². The molecule has 0 radical (unpaired) electrons. The van der Waals surface area contributed by atoms with Crippen LogP contribution in [-0.4, -0.2) is 34.6 Å². The van der Waals surface area contributed by atoms with Crippen LogP contribution in [0.4, 0.5) is 4.39 Å². The molecular formula is C25H22FN3O4. The Hall–Kier alpha value is -3.94. The van der Waals surface area contributed by atoms with E-state index in [-0.39, 0.29) is 23.5 Å². The van der Waals surface area contributed by atoms with E-state index in [0.29, 0.717) is 30.3 Å². The van der Waals surface area contributed by atoms with Crippen LogP contribution >= 0.6 is 0 Å². The molecule has 1 fully saturated rings. The second-order valence-corrected chi connectivity index (χ2v) is 7.93. The number of carbonyl (C=O) groups excluding carboxylic acids is 1. The van der Waals surface area contributed by atoms with Crippen LogP contribution in [0.1, 0.15) is 46.7 Å². The third kappa shape index (κ3) is 4.37. The molecular weight excluding hydrogens is 425 g/mol. The number of oxazole rings is 1. The summed E-state index contributed by atoms with van der Waals surface area (Å²) >= 11 is 0. The molecule has 1 amide bonds. The van der Waals surface area contributed by atoms with Crippen molar-refractivity contribution in [3.63, 3.8) is 0 Å². The normalized spacial score (nSPS) is 15.7. The van der Waals surface area contributed by atoms with Gasteiger partial charge in [0.15, 0.2) is 0 Å². The van der Waals surface area contributed by atoms with Gasteiger partial charge in [0.05, 0.1) is 13.3 Å². The lowest BCUT2D eigenvalue weighted by molar-refractivity contribution is 0.0672.